The van der Waals surface area contributed by atoms with Crippen molar-refractivity contribution < 1.29 is 0 Å². The summed E-state index contributed by atoms with van der Waals surface area (Å²) in [6.45, 7) is 0. The molecule has 0 heterocycles. The molecule has 0 saturated carbocycles. The van der Waals surface area contributed by atoms with Gasteiger partial charge in [-0.1, -0.05) is 72.8 Å². The van der Waals surface area contributed by atoms with E-state index in [0.29, 0.717) is 0 Å². The van der Waals surface area contributed by atoms with E-state index in [1.807, 2.05) is 0 Å². The average Bonchev–Trinajstić information content (AvgIpc) is 2.98. The standard InChI is InChI=1S/C36H35N3/c1-37(2)31-19-23-34(24-20-31)39(35-25-21-32(22-26-35)38(3)4)33-17-15-28(16-18-33)27-36(29-11-7-5-8-12-29)30-13-9-6-10-14-30/h5-27H,1-4H3. The van der Waals surface area contributed by atoms with E-state index in [-0.39, 0.29) is 0 Å². The van der Waals surface area contributed by atoms with Crippen LogP contribution in [0.4, 0.5) is 28.4 Å². The van der Waals surface area contributed by atoms with E-state index in [4.69, 9.17) is 0 Å². The first-order chi connectivity index (χ1) is 19.0. The first kappa shape index (κ1) is 25.9. The quantitative estimate of drug-likeness (QED) is 0.193. The minimum absolute atomic E-state index is 1.11. The van der Waals surface area contributed by atoms with Gasteiger partial charge in [0.1, 0.15) is 0 Å². The van der Waals surface area contributed by atoms with Gasteiger partial charge in [-0.3, -0.25) is 0 Å². The molecule has 5 rings (SSSR count). The molecule has 0 fully saturated rings. The second kappa shape index (κ2) is 11.7. The van der Waals surface area contributed by atoms with Gasteiger partial charge in [-0.15, -0.1) is 0 Å². The fourth-order valence-corrected chi connectivity index (χ4v) is 4.70. The molecule has 0 radical (unpaired) electrons. The Hall–Kier alpha value is -4.76. The van der Waals surface area contributed by atoms with Crippen LogP contribution in [0, 0.1) is 0 Å². The summed E-state index contributed by atoms with van der Waals surface area (Å²) >= 11 is 0. The van der Waals surface area contributed by atoms with Gasteiger partial charge in [-0.2, -0.15) is 0 Å². The van der Waals surface area contributed by atoms with Crippen LogP contribution in [-0.2, 0) is 0 Å². The molecule has 0 N–H and O–H groups in total. The molecule has 0 unspecified atom stereocenters. The van der Waals surface area contributed by atoms with Crippen LogP contribution in [0.15, 0.2) is 133 Å². The summed E-state index contributed by atoms with van der Waals surface area (Å²) in [5, 5.41) is 0. The first-order valence-corrected chi connectivity index (χ1v) is 13.3. The monoisotopic (exact) mass is 509 g/mol. The molecule has 0 aromatic heterocycles. The van der Waals surface area contributed by atoms with E-state index < -0.39 is 0 Å². The Labute approximate surface area is 232 Å². The first-order valence-electron chi connectivity index (χ1n) is 13.3. The minimum atomic E-state index is 1.11. The van der Waals surface area contributed by atoms with Gasteiger partial charge in [0, 0.05) is 56.6 Å². The van der Waals surface area contributed by atoms with Crippen molar-refractivity contribution in [3.63, 3.8) is 0 Å². The molecule has 0 aliphatic rings. The third kappa shape index (κ3) is 6.05. The van der Waals surface area contributed by atoms with E-state index in [2.05, 4.69) is 182 Å². The zero-order valence-corrected chi connectivity index (χ0v) is 23.1. The van der Waals surface area contributed by atoms with E-state index in [0.717, 1.165) is 22.6 Å². The molecule has 0 aliphatic carbocycles. The molecule has 0 bridgehead atoms. The van der Waals surface area contributed by atoms with Crippen molar-refractivity contribution in [2.75, 3.05) is 42.9 Å². The molecule has 5 aromatic carbocycles. The van der Waals surface area contributed by atoms with Crippen LogP contribution in [0.25, 0.3) is 11.6 Å². The Morgan fingerprint density at radius 1 is 0.410 bits per heavy atom. The summed E-state index contributed by atoms with van der Waals surface area (Å²) in [6.07, 6.45) is 2.27. The van der Waals surface area contributed by atoms with E-state index in [1.54, 1.807) is 0 Å². The van der Waals surface area contributed by atoms with Gasteiger partial charge in [0.2, 0.25) is 0 Å². The molecule has 3 heteroatoms. The fourth-order valence-electron chi connectivity index (χ4n) is 4.70. The Bertz CT molecular complexity index is 1410. The van der Waals surface area contributed by atoms with Gasteiger partial charge >= 0.3 is 0 Å². The molecular weight excluding hydrogens is 474 g/mol. The van der Waals surface area contributed by atoms with Crippen molar-refractivity contribution in [3.05, 3.63) is 150 Å². The number of hydrogen-bond donors (Lipinski definition) is 0. The van der Waals surface area contributed by atoms with Crippen LogP contribution in [-0.4, -0.2) is 28.2 Å². The van der Waals surface area contributed by atoms with Crippen LogP contribution in [0.5, 0.6) is 0 Å². The lowest BCUT2D eigenvalue weighted by molar-refractivity contribution is 1.13. The van der Waals surface area contributed by atoms with Crippen molar-refractivity contribution in [3.8, 4) is 0 Å². The molecular formula is C36H35N3. The summed E-state index contributed by atoms with van der Waals surface area (Å²) in [5.74, 6) is 0. The van der Waals surface area contributed by atoms with E-state index >= 15 is 0 Å². The second-order valence-corrected chi connectivity index (χ2v) is 10.0. The molecule has 194 valence electrons. The summed E-state index contributed by atoms with van der Waals surface area (Å²) in [5.41, 5.74) is 10.5. The Balaban J connectivity index is 1.54. The van der Waals surface area contributed by atoms with Crippen molar-refractivity contribution in [1.82, 2.24) is 0 Å². The zero-order valence-electron chi connectivity index (χ0n) is 23.1. The molecule has 0 atom stereocenters. The van der Waals surface area contributed by atoms with Crippen molar-refractivity contribution >= 4 is 40.1 Å². The minimum Gasteiger partial charge on any atom is -0.378 e. The molecule has 39 heavy (non-hydrogen) atoms. The zero-order chi connectivity index (χ0) is 27.2. The van der Waals surface area contributed by atoms with Crippen molar-refractivity contribution in [1.29, 1.82) is 0 Å². The van der Waals surface area contributed by atoms with E-state index in [1.165, 1.54) is 28.1 Å². The van der Waals surface area contributed by atoms with Gasteiger partial charge in [0.05, 0.1) is 0 Å². The molecule has 0 aliphatic heterocycles. The van der Waals surface area contributed by atoms with Crippen molar-refractivity contribution in [2.24, 2.45) is 0 Å². The maximum Gasteiger partial charge on any atom is 0.0463 e. The third-order valence-electron chi connectivity index (χ3n) is 6.88. The number of hydrogen-bond acceptors (Lipinski definition) is 3. The van der Waals surface area contributed by atoms with Crippen LogP contribution < -0.4 is 14.7 Å². The Kier molecular flexibility index (Phi) is 7.79. The van der Waals surface area contributed by atoms with Crippen molar-refractivity contribution in [2.45, 2.75) is 0 Å². The van der Waals surface area contributed by atoms with Crippen LogP contribution in [0.2, 0.25) is 0 Å². The highest BCUT2D eigenvalue weighted by atomic mass is 15.1. The molecule has 0 saturated heterocycles. The number of nitrogens with zero attached hydrogens (tertiary/aromatic N) is 3. The lowest BCUT2D eigenvalue weighted by atomic mass is 9.95. The van der Waals surface area contributed by atoms with Gasteiger partial charge in [-0.05, 0) is 89.0 Å². The third-order valence-corrected chi connectivity index (χ3v) is 6.88. The smallest absolute Gasteiger partial charge is 0.0463 e. The maximum absolute atomic E-state index is 2.31. The highest BCUT2D eigenvalue weighted by Gasteiger charge is 2.13. The van der Waals surface area contributed by atoms with Gasteiger partial charge in [-0.25, -0.2) is 0 Å². The SMILES string of the molecule is CN(C)c1ccc(N(c2ccc(C=C(c3ccccc3)c3ccccc3)cc2)c2ccc(N(C)C)cc2)cc1. The predicted octanol–water partition coefficient (Wildman–Crippen LogP) is 8.88. The summed E-state index contributed by atoms with van der Waals surface area (Å²) in [6, 6.07) is 47.4. The summed E-state index contributed by atoms with van der Waals surface area (Å²) in [4.78, 5) is 6.55. The fraction of sp³-hybridized carbons (Fsp3) is 0.111. The normalized spacial score (nSPS) is 10.6. The van der Waals surface area contributed by atoms with Crippen LogP contribution >= 0.6 is 0 Å². The second-order valence-electron chi connectivity index (χ2n) is 10.0. The number of rotatable bonds is 8. The topological polar surface area (TPSA) is 9.72 Å². The van der Waals surface area contributed by atoms with Crippen LogP contribution in [0.3, 0.4) is 0 Å². The predicted molar refractivity (Wildman–Crippen MR) is 170 cm³/mol. The highest BCUT2D eigenvalue weighted by Crippen LogP contribution is 2.36. The van der Waals surface area contributed by atoms with E-state index in [9.17, 15) is 0 Å². The molecule has 3 nitrogen and oxygen atoms in total. The maximum atomic E-state index is 2.31. The number of anilines is 5. The van der Waals surface area contributed by atoms with Gasteiger partial charge in [0.25, 0.3) is 0 Å². The molecule has 5 aromatic rings. The lowest BCUT2D eigenvalue weighted by Crippen LogP contribution is -2.12. The Morgan fingerprint density at radius 3 is 1.10 bits per heavy atom. The summed E-state index contributed by atoms with van der Waals surface area (Å²) in [7, 11) is 8.27. The van der Waals surface area contributed by atoms with Gasteiger partial charge < -0.3 is 14.7 Å². The average molecular weight is 510 g/mol. The summed E-state index contributed by atoms with van der Waals surface area (Å²) < 4.78 is 0. The molecule has 0 spiro atoms. The number of benzene rings is 5. The highest BCUT2D eigenvalue weighted by molar-refractivity contribution is 5.91. The van der Waals surface area contributed by atoms with Crippen LogP contribution in [0.1, 0.15) is 16.7 Å². The largest absolute Gasteiger partial charge is 0.378 e. The Morgan fingerprint density at radius 2 is 0.744 bits per heavy atom. The lowest BCUT2D eigenvalue weighted by Gasteiger charge is -2.27. The molecule has 0 amide bonds. The van der Waals surface area contributed by atoms with Gasteiger partial charge in [0.15, 0.2) is 0 Å².